The molecule has 7 nitrogen and oxygen atoms in total. The minimum absolute atomic E-state index is 0.00432. The summed E-state index contributed by atoms with van der Waals surface area (Å²) in [4.78, 5) is 28.8. The van der Waals surface area contributed by atoms with Crippen molar-refractivity contribution >= 4 is 50.7 Å². The second-order valence-electron chi connectivity index (χ2n) is 9.98. The molecule has 0 heterocycles. The van der Waals surface area contributed by atoms with Gasteiger partial charge in [-0.25, -0.2) is 8.42 Å². The summed E-state index contributed by atoms with van der Waals surface area (Å²) in [6.45, 7) is 7.55. The van der Waals surface area contributed by atoms with Crippen molar-refractivity contribution in [3.05, 3.63) is 94.0 Å². The van der Waals surface area contributed by atoms with Gasteiger partial charge in [0, 0.05) is 23.1 Å². The standard InChI is InChI=1S/C30H35Cl2N3O4S/c1-5-28(30(37)33-18-21(2)3)34(19-23-13-14-24(31)17-27(23)32)29(36)20-35(25-9-7-6-8-10-25)40(38,39)26-15-11-22(4)12-16-26/h6-17,21,28H,5,18-20H2,1-4H3,(H,33,37)/t28-/m0/s1. The fourth-order valence-electron chi connectivity index (χ4n) is 4.14. The molecule has 1 atom stereocenters. The van der Waals surface area contributed by atoms with Crippen LogP contribution in [0.4, 0.5) is 5.69 Å². The van der Waals surface area contributed by atoms with Gasteiger partial charge in [-0.1, -0.05) is 85.9 Å². The van der Waals surface area contributed by atoms with Crippen LogP contribution in [-0.2, 0) is 26.2 Å². The first-order chi connectivity index (χ1) is 18.9. The first-order valence-corrected chi connectivity index (χ1v) is 15.3. The van der Waals surface area contributed by atoms with Crippen molar-refractivity contribution in [2.75, 3.05) is 17.4 Å². The van der Waals surface area contributed by atoms with E-state index in [1.807, 2.05) is 20.8 Å². The highest BCUT2D eigenvalue weighted by molar-refractivity contribution is 7.92. The summed E-state index contributed by atoms with van der Waals surface area (Å²) < 4.78 is 28.8. The van der Waals surface area contributed by atoms with Crippen molar-refractivity contribution in [3.8, 4) is 0 Å². The van der Waals surface area contributed by atoms with E-state index in [-0.39, 0.29) is 23.3 Å². The number of anilines is 1. The molecule has 40 heavy (non-hydrogen) atoms. The lowest BCUT2D eigenvalue weighted by molar-refractivity contribution is -0.140. The molecule has 0 saturated carbocycles. The van der Waals surface area contributed by atoms with Crippen LogP contribution in [-0.4, -0.2) is 44.3 Å². The average Bonchev–Trinajstić information content (AvgIpc) is 2.92. The number of hydrogen-bond acceptors (Lipinski definition) is 4. The molecule has 1 N–H and O–H groups in total. The number of nitrogens with zero attached hydrogens (tertiary/aromatic N) is 2. The number of halogens is 2. The summed E-state index contributed by atoms with van der Waals surface area (Å²) in [5, 5.41) is 3.69. The maximum Gasteiger partial charge on any atom is 0.264 e. The molecule has 214 valence electrons. The predicted molar refractivity (Wildman–Crippen MR) is 161 cm³/mol. The normalized spacial score (nSPS) is 12.2. The van der Waals surface area contributed by atoms with Gasteiger partial charge in [-0.2, -0.15) is 0 Å². The Labute approximate surface area is 247 Å². The van der Waals surface area contributed by atoms with Crippen LogP contribution in [0.25, 0.3) is 0 Å². The van der Waals surface area contributed by atoms with E-state index in [9.17, 15) is 18.0 Å². The highest BCUT2D eigenvalue weighted by atomic mass is 35.5. The number of para-hydroxylation sites is 1. The van der Waals surface area contributed by atoms with Gasteiger partial charge in [0.1, 0.15) is 12.6 Å². The second-order valence-corrected chi connectivity index (χ2v) is 12.7. The molecule has 3 rings (SSSR count). The first-order valence-electron chi connectivity index (χ1n) is 13.1. The van der Waals surface area contributed by atoms with Gasteiger partial charge < -0.3 is 10.2 Å². The summed E-state index contributed by atoms with van der Waals surface area (Å²) in [5.74, 6) is -0.649. The number of aryl methyl sites for hydroxylation is 1. The van der Waals surface area contributed by atoms with Crippen molar-refractivity contribution in [3.63, 3.8) is 0 Å². The highest BCUT2D eigenvalue weighted by Crippen LogP contribution is 2.27. The quantitative estimate of drug-likeness (QED) is 0.272. The fraction of sp³-hybridized carbons (Fsp3) is 0.333. The third-order valence-electron chi connectivity index (χ3n) is 6.36. The van der Waals surface area contributed by atoms with Gasteiger partial charge in [-0.05, 0) is 61.2 Å². The second kappa shape index (κ2) is 14.0. The van der Waals surface area contributed by atoms with E-state index in [0.29, 0.717) is 34.3 Å². The number of carbonyl (C=O) groups excluding carboxylic acids is 2. The molecule has 0 aliphatic rings. The van der Waals surface area contributed by atoms with Gasteiger partial charge >= 0.3 is 0 Å². The molecule has 0 aliphatic heterocycles. The van der Waals surface area contributed by atoms with Crippen LogP contribution in [0.1, 0.15) is 38.3 Å². The average molecular weight is 605 g/mol. The maximum absolute atomic E-state index is 14.1. The van der Waals surface area contributed by atoms with Crippen LogP contribution >= 0.6 is 23.2 Å². The number of benzene rings is 3. The minimum atomic E-state index is -4.12. The van der Waals surface area contributed by atoms with Crippen molar-refractivity contribution in [1.29, 1.82) is 0 Å². The van der Waals surface area contributed by atoms with E-state index in [1.165, 1.54) is 17.0 Å². The van der Waals surface area contributed by atoms with Crippen LogP contribution in [0.3, 0.4) is 0 Å². The predicted octanol–water partition coefficient (Wildman–Crippen LogP) is 6.08. The Balaban J connectivity index is 2.04. The molecule has 0 saturated heterocycles. The molecule has 0 aromatic heterocycles. The summed E-state index contributed by atoms with van der Waals surface area (Å²) in [6.07, 6.45) is 0.316. The molecular formula is C30H35Cl2N3O4S. The third-order valence-corrected chi connectivity index (χ3v) is 8.73. The molecule has 3 aromatic carbocycles. The summed E-state index contributed by atoms with van der Waals surface area (Å²) >= 11 is 12.5. The number of hydrogen-bond donors (Lipinski definition) is 1. The Hall–Kier alpha value is -3.07. The Morgan fingerprint density at radius 3 is 2.17 bits per heavy atom. The zero-order valence-electron chi connectivity index (χ0n) is 23.1. The highest BCUT2D eigenvalue weighted by Gasteiger charge is 2.34. The SMILES string of the molecule is CC[C@@H](C(=O)NCC(C)C)N(Cc1ccc(Cl)cc1Cl)C(=O)CN(c1ccccc1)S(=O)(=O)c1ccc(C)cc1. The first kappa shape index (κ1) is 31.5. The van der Waals surface area contributed by atoms with Crippen molar-refractivity contribution in [2.24, 2.45) is 5.92 Å². The molecule has 3 aromatic rings. The van der Waals surface area contributed by atoms with Gasteiger partial charge in [-0.3, -0.25) is 13.9 Å². The molecule has 0 spiro atoms. The van der Waals surface area contributed by atoms with E-state index in [4.69, 9.17) is 23.2 Å². The van der Waals surface area contributed by atoms with Gasteiger partial charge in [0.25, 0.3) is 10.0 Å². The molecule has 0 radical (unpaired) electrons. The van der Waals surface area contributed by atoms with Gasteiger partial charge in [0.15, 0.2) is 0 Å². The summed E-state index contributed by atoms with van der Waals surface area (Å²) in [6, 6.07) is 19.0. The van der Waals surface area contributed by atoms with Crippen molar-refractivity contribution in [2.45, 2.75) is 51.6 Å². The molecule has 10 heteroatoms. The topological polar surface area (TPSA) is 86.8 Å². The van der Waals surface area contributed by atoms with E-state index in [0.717, 1.165) is 9.87 Å². The number of sulfonamides is 1. The fourth-order valence-corrected chi connectivity index (χ4v) is 6.02. The molecule has 0 bridgehead atoms. The maximum atomic E-state index is 14.1. The third kappa shape index (κ3) is 7.99. The molecule has 2 amide bonds. The number of rotatable bonds is 12. The molecular weight excluding hydrogens is 569 g/mol. The lowest BCUT2D eigenvalue weighted by Gasteiger charge is -2.33. The van der Waals surface area contributed by atoms with Gasteiger partial charge in [-0.15, -0.1) is 0 Å². The lowest BCUT2D eigenvalue weighted by atomic mass is 10.1. The number of carbonyl (C=O) groups is 2. The van der Waals surface area contributed by atoms with Crippen LogP contribution in [0.5, 0.6) is 0 Å². The smallest absolute Gasteiger partial charge is 0.264 e. The van der Waals surface area contributed by atoms with Crippen LogP contribution in [0, 0.1) is 12.8 Å². The summed E-state index contributed by atoms with van der Waals surface area (Å²) in [5.41, 5.74) is 1.82. The Kier molecular flexibility index (Phi) is 11.0. The van der Waals surface area contributed by atoms with E-state index < -0.39 is 28.5 Å². The Morgan fingerprint density at radius 1 is 0.950 bits per heavy atom. The van der Waals surface area contributed by atoms with E-state index >= 15 is 0 Å². The van der Waals surface area contributed by atoms with Gasteiger partial charge in [0.2, 0.25) is 11.8 Å². The molecule has 0 fully saturated rings. The number of nitrogens with one attached hydrogen (secondary N) is 1. The van der Waals surface area contributed by atoms with Gasteiger partial charge in [0.05, 0.1) is 10.6 Å². The molecule has 0 unspecified atom stereocenters. The summed E-state index contributed by atoms with van der Waals surface area (Å²) in [7, 11) is -4.12. The molecule has 0 aliphatic carbocycles. The van der Waals surface area contributed by atoms with Crippen LogP contribution < -0.4 is 9.62 Å². The number of amides is 2. The lowest BCUT2D eigenvalue weighted by Crippen LogP contribution is -2.52. The zero-order valence-corrected chi connectivity index (χ0v) is 25.4. The monoisotopic (exact) mass is 603 g/mol. The zero-order chi connectivity index (χ0) is 29.4. The van der Waals surface area contributed by atoms with E-state index in [2.05, 4.69) is 5.32 Å². The van der Waals surface area contributed by atoms with Crippen molar-refractivity contribution in [1.82, 2.24) is 10.2 Å². The Morgan fingerprint density at radius 2 is 1.60 bits per heavy atom. The minimum Gasteiger partial charge on any atom is -0.354 e. The van der Waals surface area contributed by atoms with Crippen LogP contribution in [0.2, 0.25) is 10.0 Å². The van der Waals surface area contributed by atoms with Crippen LogP contribution in [0.15, 0.2) is 77.7 Å². The van der Waals surface area contributed by atoms with Crippen molar-refractivity contribution < 1.29 is 18.0 Å². The van der Waals surface area contributed by atoms with E-state index in [1.54, 1.807) is 67.6 Å². The largest absolute Gasteiger partial charge is 0.354 e. The Bertz CT molecular complexity index is 1410.